The van der Waals surface area contributed by atoms with Gasteiger partial charge in [0.05, 0.1) is 0 Å². The zero-order valence-electron chi connectivity index (χ0n) is 12.6. The highest BCUT2D eigenvalue weighted by Gasteiger charge is 2.30. The van der Waals surface area contributed by atoms with Crippen LogP contribution in [0.3, 0.4) is 0 Å². The van der Waals surface area contributed by atoms with E-state index in [-0.39, 0.29) is 5.92 Å². The molecule has 2 nitrogen and oxygen atoms in total. The van der Waals surface area contributed by atoms with Crippen LogP contribution in [0.2, 0.25) is 0 Å². The molecule has 1 saturated heterocycles. The Bertz CT molecular complexity index is 558. The molecule has 0 aromatic carbocycles. The van der Waals surface area contributed by atoms with Crippen molar-refractivity contribution < 1.29 is 0 Å². The molecular formula is C18H23ClN2. The summed E-state index contributed by atoms with van der Waals surface area (Å²) >= 11 is 6.25. The Hall–Kier alpha value is -1.12. The van der Waals surface area contributed by atoms with Gasteiger partial charge in [0.15, 0.2) is 0 Å². The molecule has 1 heterocycles. The van der Waals surface area contributed by atoms with Crippen LogP contribution < -0.4 is 5.32 Å². The number of fused-ring (bicyclic) bond motifs is 1. The largest absolute Gasteiger partial charge is 0.316 e. The van der Waals surface area contributed by atoms with E-state index in [2.05, 4.69) is 30.5 Å². The molecule has 0 bridgehead atoms. The van der Waals surface area contributed by atoms with Crippen molar-refractivity contribution in [3.8, 4) is 0 Å². The molecule has 0 amide bonds. The van der Waals surface area contributed by atoms with Gasteiger partial charge in [-0.05, 0) is 62.4 Å². The molecule has 3 rings (SSSR count). The lowest BCUT2D eigenvalue weighted by atomic mass is 9.82. The second kappa shape index (κ2) is 6.33. The predicted molar refractivity (Wildman–Crippen MR) is 89.9 cm³/mol. The lowest BCUT2D eigenvalue weighted by Gasteiger charge is -2.26. The van der Waals surface area contributed by atoms with Crippen molar-refractivity contribution in [2.24, 2.45) is 11.8 Å². The Labute approximate surface area is 132 Å². The van der Waals surface area contributed by atoms with E-state index >= 15 is 0 Å². The molecule has 2 N–H and O–H groups in total. The van der Waals surface area contributed by atoms with E-state index in [4.69, 9.17) is 17.0 Å². The first-order valence-corrected chi connectivity index (χ1v) is 8.30. The van der Waals surface area contributed by atoms with Gasteiger partial charge in [-0.2, -0.15) is 0 Å². The van der Waals surface area contributed by atoms with Crippen molar-refractivity contribution in [2.75, 3.05) is 13.1 Å². The Kier molecular flexibility index (Phi) is 4.46. The van der Waals surface area contributed by atoms with Gasteiger partial charge in [0, 0.05) is 16.7 Å². The van der Waals surface area contributed by atoms with Crippen molar-refractivity contribution in [3.05, 3.63) is 46.1 Å². The third-order valence-electron chi connectivity index (χ3n) is 4.83. The molecule has 3 aliphatic rings. The molecule has 1 saturated carbocycles. The standard InChI is InChI=1S/C18H23ClN2/c1-12-5-6-14-11-15(19)3-2-4-16(14)17(18(12)20)13-7-9-21-10-8-13/h2-4,11-12,16,20-21H,5-10H2,1H3. The zero-order chi connectivity index (χ0) is 14.8. The first-order valence-electron chi connectivity index (χ1n) is 7.92. The minimum Gasteiger partial charge on any atom is -0.316 e. The molecule has 0 radical (unpaired) electrons. The highest BCUT2D eigenvalue weighted by atomic mass is 35.5. The molecule has 1 aliphatic heterocycles. The lowest BCUT2D eigenvalue weighted by Crippen LogP contribution is -2.27. The van der Waals surface area contributed by atoms with Crippen LogP contribution >= 0.6 is 11.6 Å². The molecule has 0 spiro atoms. The smallest absolute Gasteiger partial charge is 0.0405 e. The van der Waals surface area contributed by atoms with Crippen LogP contribution in [0, 0.1) is 17.2 Å². The van der Waals surface area contributed by atoms with Crippen molar-refractivity contribution in [1.29, 1.82) is 5.41 Å². The molecule has 2 aliphatic carbocycles. The SMILES string of the molecule is CC1CCC2=CC(Cl)=CC=CC2C(=C2CCNCC2)C1=N. The van der Waals surface area contributed by atoms with Crippen LogP contribution in [0.1, 0.15) is 32.6 Å². The highest BCUT2D eigenvalue weighted by Crippen LogP contribution is 2.39. The fourth-order valence-electron chi connectivity index (χ4n) is 3.58. The summed E-state index contributed by atoms with van der Waals surface area (Å²) in [6.45, 7) is 4.26. The summed E-state index contributed by atoms with van der Waals surface area (Å²) in [4.78, 5) is 0. The molecule has 112 valence electrons. The van der Waals surface area contributed by atoms with Crippen molar-refractivity contribution in [1.82, 2.24) is 5.32 Å². The van der Waals surface area contributed by atoms with Gasteiger partial charge in [-0.15, -0.1) is 0 Å². The first-order chi connectivity index (χ1) is 10.2. The summed E-state index contributed by atoms with van der Waals surface area (Å²) in [6.07, 6.45) is 12.6. The third-order valence-corrected chi connectivity index (χ3v) is 5.06. The number of rotatable bonds is 0. The summed E-state index contributed by atoms with van der Waals surface area (Å²) in [6, 6.07) is 0. The van der Waals surface area contributed by atoms with E-state index in [0.29, 0.717) is 5.92 Å². The molecular weight excluding hydrogens is 280 g/mol. The molecule has 2 fully saturated rings. The van der Waals surface area contributed by atoms with Crippen molar-refractivity contribution in [2.45, 2.75) is 32.6 Å². The Balaban J connectivity index is 2.09. The Morgan fingerprint density at radius 2 is 2.00 bits per heavy atom. The van der Waals surface area contributed by atoms with Gasteiger partial charge in [-0.25, -0.2) is 0 Å². The van der Waals surface area contributed by atoms with Gasteiger partial charge >= 0.3 is 0 Å². The molecule has 3 heteroatoms. The number of piperidine rings is 1. The maximum Gasteiger partial charge on any atom is 0.0405 e. The van der Waals surface area contributed by atoms with Crippen LogP contribution in [-0.2, 0) is 0 Å². The minimum atomic E-state index is 0.253. The summed E-state index contributed by atoms with van der Waals surface area (Å²) in [5, 5.41) is 12.9. The number of hydrogen-bond acceptors (Lipinski definition) is 2. The van der Waals surface area contributed by atoms with Gasteiger partial charge in [0.1, 0.15) is 0 Å². The molecule has 0 aromatic heterocycles. The second-order valence-electron chi connectivity index (χ2n) is 6.25. The van der Waals surface area contributed by atoms with Crippen LogP contribution in [0.5, 0.6) is 0 Å². The summed E-state index contributed by atoms with van der Waals surface area (Å²) in [5.41, 5.74) is 4.98. The van der Waals surface area contributed by atoms with E-state index in [1.807, 2.05) is 6.08 Å². The van der Waals surface area contributed by atoms with Gasteiger partial charge in [0.2, 0.25) is 0 Å². The van der Waals surface area contributed by atoms with Gasteiger partial charge in [-0.3, -0.25) is 0 Å². The van der Waals surface area contributed by atoms with Crippen LogP contribution in [0.4, 0.5) is 0 Å². The van der Waals surface area contributed by atoms with Crippen LogP contribution in [-0.4, -0.2) is 18.8 Å². The van der Waals surface area contributed by atoms with Crippen LogP contribution in [0.15, 0.2) is 46.1 Å². The predicted octanol–water partition coefficient (Wildman–Crippen LogP) is 4.35. The van der Waals surface area contributed by atoms with E-state index < -0.39 is 0 Å². The van der Waals surface area contributed by atoms with Gasteiger partial charge in [-0.1, -0.05) is 41.8 Å². The van der Waals surface area contributed by atoms with E-state index in [0.717, 1.165) is 49.5 Å². The van der Waals surface area contributed by atoms with E-state index in [1.54, 1.807) is 0 Å². The topological polar surface area (TPSA) is 35.9 Å². The van der Waals surface area contributed by atoms with E-state index in [9.17, 15) is 0 Å². The minimum absolute atomic E-state index is 0.253. The van der Waals surface area contributed by atoms with E-state index in [1.165, 1.54) is 16.7 Å². The number of allylic oxidation sites excluding steroid dienone is 7. The number of halogens is 1. The lowest BCUT2D eigenvalue weighted by molar-refractivity contribution is 0.601. The average Bonchev–Trinajstić information content (AvgIpc) is 2.73. The molecule has 21 heavy (non-hydrogen) atoms. The van der Waals surface area contributed by atoms with Gasteiger partial charge in [0.25, 0.3) is 0 Å². The van der Waals surface area contributed by atoms with Crippen LogP contribution in [0.25, 0.3) is 0 Å². The summed E-state index contributed by atoms with van der Waals surface area (Å²) in [5.74, 6) is 0.592. The van der Waals surface area contributed by atoms with Crippen molar-refractivity contribution >= 4 is 17.3 Å². The molecule has 2 atom stereocenters. The molecule has 0 aromatic rings. The fraction of sp³-hybridized carbons (Fsp3) is 0.500. The summed E-state index contributed by atoms with van der Waals surface area (Å²) < 4.78 is 0. The maximum absolute atomic E-state index is 8.68. The average molecular weight is 303 g/mol. The highest BCUT2D eigenvalue weighted by molar-refractivity contribution is 6.31. The third kappa shape index (κ3) is 3.07. The summed E-state index contributed by atoms with van der Waals surface area (Å²) in [7, 11) is 0. The zero-order valence-corrected chi connectivity index (χ0v) is 13.3. The Morgan fingerprint density at radius 1 is 1.24 bits per heavy atom. The van der Waals surface area contributed by atoms with Gasteiger partial charge < -0.3 is 10.7 Å². The quantitative estimate of drug-likeness (QED) is 0.685. The first kappa shape index (κ1) is 14.8. The fourth-order valence-corrected chi connectivity index (χ4v) is 3.79. The monoisotopic (exact) mass is 302 g/mol. The Morgan fingerprint density at radius 3 is 2.76 bits per heavy atom. The molecule has 2 unspecified atom stereocenters. The van der Waals surface area contributed by atoms with Crippen molar-refractivity contribution in [3.63, 3.8) is 0 Å². The normalized spacial score (nSPS) is 30.3. The maximum atomic E-state index is 8.68. The second-order valence-corrected chi connectivity index (χ2v) is 6.69. The number of hydrogen-bond donors (Lipinski definition) is 2. The number of nitrogens with one attached hydrogen (secondary N) is 2.